The summed E-state index contributed by atoms with van der Waals surface area (Å²) in [4.78, 5) is 36.0. The Morgan fingerprint density at radius 2 is 1.92 bits per heavy atom. The molecule has 0 N–H and O–H groups in total. The Kier molecular flexibility index (Phi) is 5.14. The van der Waals surface area contributed by atoms with E-state index in [0.717, 1.165) is 0 Å². The highest BCUT2D eigenvalue weighted by molar-refractivity contribution is 6.03. The van der Waals surface area contributed by atoms with Crippen molar-refractivity contribution < 1.29 is 28.7 Å². The van der Waals surface area contributed by atoms with Crippen molar-refractivity contribution in [2.24, 2.45) is 0 Å². The van der Waals surface area contributed by atoms with Crippen LogP contribution < -0.4 is 4.90 Å². The summed E-state index contributed by atoms with van der Waals surface area (Å²) in [6, 6.07) is 4.21. The molecule has 24 heavy (non-hydrogen) atoms. The van der Waals surface area contributed by atoms with Crippen LogP contribution in [0.1, 0.15) is 5.56 Å². The number of benzene rings is 1. The summed E-state index contributed by atoms with van der Waals surface area (Å²) < 4.78 is 14.8. The number of carbonyl (C=O) groups excluding carboxylic acids is 2. The zero-order chi connectivity index (χ0) is 17.9. The zero-order valence-corrected chi connectivity index (χ0v) is 13.4. The number of nitrogens with zero attached hydrogens (tertiary/aromatic N) is 2. The lowest BCUT2D eigenvalue weighted by Crippen LogP contribution is -2.39. The number of carbonyl (C=O) groups is 2. The van der Waals surface area contributed by atoms with Gasteiger partial charge in [-0.3, -0.25) is 10.1 Å². The maximum absolute atomic E-state index is 12.2. The summed E-state index contributed by atoms with van der Waals surface area (Å²) >= 11 is 0. The van der Waals surface area contributed by atoms with E-state index in [2.05, 4.69) is 4.74 Å². The Hall–Kier alpha value is -2.94. The van der Waals surface area contributed by atoms with Crippen LogP contribution in [0.25, 0.3) is 0 Å². The molecule has 1 aromatic carbocycles. The monoisotopic (exact) mass is 336 g/mol. The molecular formula is C15H16N2O7. The van der Waals surface area contributed by atoms with Gasteiger partial charge >= 0.3 is 11.9 Å². The van der Waals surface area contributed by atoms with E-state index in [4.69, 9.17) is 9.47 Å². The van der Waals surface area contributed by atoms with E-state index < -0.39 is 16.9 Å². The average molecular weight is 336 g/mol. The van der Waals surface area contributed by atoms with Crippen molar-refractivity contribution in [1.82, 2.24) is 0 Å². The predicted octanol–water partition coefficient (Wildman–Crippen LogP) is 1.30. The molecule has 128 valence electrons. The molecule has 0 aromatic heterocycles. The average Bonchev–Trinajstić information content (AvgIpc) is 2.59. The number of hydrogen-bond donors (Lipinski definition) is 0. The molecule has 0 aliphatic carbocycles. The minimum atomic E-state index is -0.760. The molecule has 0 bridgehead atoms. The van der Waals surface area contributed by atoms with E-state index >= 15 is 0 Å². The second-order valence-electron chi connectivity index (χ2n) is 4.94. The van der Waals surface area contributed by atoms with Crippen LogP contribution in [0, 0.1) is 17.0 Å². The summed E-state index contributed by atoms with van der Waals surface area (Å²) in [5.41, 5.74) is 0.813. The number of ether oxygens (including phenoxy) is 3. The number of aryl methyl sites for hydroxylation is 1. The lowest BCUT2D eigenvalue weighted by Gasteiger charge is -2.32. The van der Waals surface area contributed by atoms with Crippen LogP contribution in [0.4, 0.5) is 11.4 Å². The van der Waals surface area contributed by atoms with Crippen molar-refractivity contribution in [2.75, 3.05) is 32.5 Å². The van der Waals surface area contributed by atoms with E-state index in [-0.39, 0.29) is 30.3 Å². The Morgan fingerprint density at radius 3 is 2.50 bits per heavy atom. The van der Waals surface area contributed by atoms with Crippen LogP contribution in [-0.4, -0.2) is 44.4 Å². The van der Waals surface area contributed by atoms with Gasteiger partial charge in [0.05, 0.1) is 37.0 Å². The van der Waals surface area contributed by atoms with E-state index in [1.165, 1.54) is 31.3 Å². The summed E-state index contributed by atoms with van der Waals surface area (Å²) in [5.74, 6) is -1.49. The molecule has 1 heterocycles. The third-order valence-corrected chi connectivity index (χ3v) is 3.53. The van der Waals surface area contributed by atoms with Gasteiger partial charge < -0.3 is 19.1 Å². The SMILES string of the molecule is COC(=O)C1=C(C(=O)OC)N(c2cc([N+](=O)[O-])ccc2C)COC1. The van der Waals surface area contributed by atoms with Crippen molar-refractivity contribution >= 4 is 23.3 Å². The Labute approximate surface area is 137 Å². The van der Waals surface area contributed by atoms with Gasteiger partial charge in [-0.15, -0.1) is 0 Å². The molecule has 0 unspecified atom stereocenters. The molecule has 1 aliphatic rings. The second kappa shape index (κ2) is 7.09. The molecule has 0 saturated carbocycles. The first-order valence-electron chi connectivity index (χ1n) is 6.90. The van der Waals surface area contributed by atoms with E-state index in [1.807, 2.05) is 0 Å². The fourth-order valence-corrected chi connectivity index (χ4v) is 2.34. The maximum atomic E-state index is 12.2. The van der Waals surface area contributed by atoms with Crippen molar-refractivity contribution in [3.8, 4) is 0 Å². The van der Waals surface area contributed by atoms with Gasteiger partial charge in [-0.2, -0.15) is 0 Å². The topological polar surface area (TPSA) is 108 Å². The summed E-state index contributed by atoms with van der Waals surface area (Å²) in [6.45, 7) is 1.54. The molecule has 0 saturated heterocycles. The Balaban J connectivity index is 2.63. The normalized spacial score (nSPS) is 14.4. The van der Waals surface area contributed by atoms with E-state index in [0.29, 0.717) is 11.3 Å². The van der Waals surface area contributed by atoms with Gasteiger partial charge in [0.25, 0.3) is 5.69 Å². The zero-order valence-electron chi connectivity index (χ0n) is 13.4. The first kappa shape index (κ1) is 17.4. The van der Waals surface area contributed by atoms with Gasteiger partial charge in [0.1, 0.15) is 12.4 Å². The molecule has 1 aromatic rings. The molecule has 0 fully saturated rings. The minimum absolute atomic E-state index is 0.0125. The number of rotatable bonds is 4. The van der Waals surface area contributed by atoms with Crippen LogP contribution >= 0.6 is 0 Å². The number of esters is 2. The summed E-state index contributed by atoms with van der Waals surface area (Å²) in [5, 5.41) is 11.0. The van der Waals surface area contributed by atoms with Crippen LogP contribution in [0.15, 0.2) is 29.5 Å². The number of anilines is 1. The van der Waals surface area contributed by atoms with Gasteiger partial charge in [-0.25, -0.2) is 9.59 Å². The van der Waals surface area contributed by atoms with Gasteiger partial charge in [0.15, 0.2) is 0 Å². The Morgan fingerprint density at radius 1 is 1.25 bits per heavy atom. The summed E-state index contributed by atoms with van der Waals surface area (Å²) in [6.07, 6.45) is 0. The van der Waals surface area contributed by atoms with Crippen LogP contribution in [0.3, 0.4) is 0 Å². The fourth-order valence-electron chi connectivity index (χ4n) is 2.34. The smallest absolute Gasteiger partial charge is 0.355 e. The molecular weight excluding hydrogens is 320 g/mol. The van der Waals surface area contributed by atoms with Crippen LogP contribution in [-0.2, 0) is 23.8 Å². The first-order valence-corrected chi connectivity index (χ1v) is 6.90. The number of methoxy groups -OCH3 is 2. The molecule has 0 spiro atoms. The first-order chi connectivity index (χ1) is 11.4. The number of hydrogen-bond acceptors (Lipinski definition) is 8. The highest BCUT2D eigenvalue weighted by Gasteiger charge is 2.33. The van der Waals surface area contributed by atoms with Gasteiger partial charge in [0, 0.05) is 12.1 Å². The van der Waals surface area contributed by atoms with Gasteiger partial charge in [0.2, 0.25) is 0 Å². The molecule has 1 aliphatic heterocycles. The lowest BCUT2D eigenvalue weighted by atomic mass is 10.1. The lowest BCUT2D eigenvalue weighted by molar-refractivity contribution is -0.384. The van der Waals surface area contributed by atoms with Crippen molar-refractivity contribution in [3.63, 3.8) is 0 Å². The standard InChI is InChI=1S/C15H16N2O7/c1-9-4-5-10(17(20)21)6-12(9)16-8-24-7-11(14(18)22-2)13(16)15(19)23-3/h4-6H,7-8H2,1-3H3. The fraction of sp³-hybridized carbons (Fsp3) is 0.333. The highest BCUT2D eigenvalue weighted by atomic mass is 16.6. The number of non-ortho nitro benzene ring substituents is 1. The predicted molar refractivity (Wildman–Crippen MR) is 82.2 cm³/mol. The van der Waals surface area contributed by atoms with Crippen LogP contribution in [0.2, 0.25) is 0 Å². The van der Waals surface area contributed by atoms with E-state index in [9.17, 15) is 19.7 Å². The molecule has 0 radical (unpaired) electrons. The molecule has 0 amide bonds. The molecule has 9 nitrogen and oxygen atoms in total. The molecule has 0 atom stereocenters. The molecule has 9 heteroatoms. The largest absolute Gasteiger partial charge is 0.466 e. The minimum Gasteiger partial charge on any atom is -0.466 e. The number of nitro benzene ring substituents is 1. The highest BCUT2D eigenvalue weighted by Crippen LogP contribution is 2.31. The van der Waals surface area contributed by atoms with Crippen molar-refractivity contribution in [1.29, 1.82) is 0 Å². The second-order valence-corrected chi connectivity index (χ2v) is 4.94. The van der Waals surface area contributed by atoms with Gasteiger partial charge in [-0.1, -0.05) is 6.07 Å². The third-order valence-electron chi connectivity index (χ3n) is 3.53. The Bertz CT molecular complexity index is 727. The number of nitro groups is 1. The van der Waals surface area contributed by atoms with Crippen molar-refractivity contribution in [3.05, 3.63) is 45.1 Å². The maximum Gasteiger partial charge on any atom is 0.355 e. The third kappa shape index (κ3) is 3.20. The molecule has 2 rings (SSSR count). The summed E-state index contributed by atoms with van der Waals surface area (Å²) in [7, 11) is 2.36. The van der Waals surface area contributed by atoms with E-state index in [1.54, 1.807) is 13.0 Å². The quantitative estimate of drug-likeness (QED) is 0.460. The van der Waals surface area contributed by atoms with Gasteiger partial charge in [-0.05, 0) is 12.5 Å². The van der Waals surface area contributed by atoms with Crippen LogP contribution in [0.5, 0.6) is 0 Å². The van der Waals surface area contributed by atoms with Crippen molar-refractivity contribution in [2.45, 2.75) is 6.92 Å².